The Hall–Kier alpha value is -2.66. The van der Waals surface area contributed by atoms with Crippen molar-refractivity contribution in [2.24, 2.45) is 0 Å². The minimum atomic E-state index is -0.0638. The van der Waals surface area contributed by atoms with E-state index in [0.717, 1.165) is 5.56 Å². The highest BCUT2D eigenvalue weighted by molar-refractivity contribution is 7.12. The van der Waals surface area contributed by atoms with E-state index in [4.69, 9.17) is 4.74 Å². The standard InChI is InChI=1S/C17H14N2O2S/c20-17(15-7-4-10-22-15)19-12-13-5-3-6-14(11-13)21-16-8-1-2-9-18-16/h1-11H,12H2,(H,19,20). The van der Waals surface area contributed by atoms with Crippen molar-refractivity contribution >= 4 is 17.2 Å². The van der Waals surface area contributed by atoms with E-state index in [1.807, 2.05) is 47.8 Å². The minimum Gasteiger partial charge on any atom is -0.439 e. The number of hydrogen-bond donors (Lipinski definition) is 1. The monoisotopic (exact) mass is 310 g/mol. The van der Waals surface area contributed by atoms with Crippen LogP contribution in [0.3, 0.4) is 0 Å². The van der Waals surface area contributed by atoms with E-state index in [9.17, 15) is 4.79 Å². The number of carbonyl (C=O) groups excluding carboxylic acids is 1. The fourth-order valence-corrected chi connectivity index (χ4v) is 2.56. The second kappa shape index (κ2) is 6.87. The molecule has 1 N–H and O–H groups in total. The van der Waals surface area contributed by atoms with Crippen LogP contribution in [0.5, 0.6) is 11.6 Å². The molecule has 22 heavy (non-hydrogen) atoms. The summed E-state index contributed by atoms with van der Waals surface area (Å²) in [5, 5.41) is 4.78. The van der Waals surface area contributed by atoms with Crippen LogP contribution in [0.2, 0.25) is 0 Å². The summed E-state index contributed by atoms with van der Waals surface area (Å²) in [5.74, 6) is 1.18. The lowest BCUT2D eigenvalue weighted by Gasteiger charge is -2.07. The summed E-state index contributed by atoms with van der Waals surface area (Å²) >= 11 is 1.43. The van der Waals surface area contributed by atoms with Crippen molar-refractivity contribution in [1.29, 1.82) is 0 Å². The van der Waals surface area contributed by atoms with E-state index in [-0.39, 0.29) is 5.91 Å². The molecule has 110 valence electrons. The number of pyridine rings is 1. The summed E-state index contributed by atoms with van der Waals surface area (Å²) in [7, 11) is 0. The number of amides is 1. The topological polar surface area (TPSA) is 51.2 Å². The van der Waals surface area contributed by atoms with Crippen molar-refractivity contribution in [3.63, 3.8) is 0 Å². The third-order valence-electron chi connectivity index (χ3n) is 2.96. The predicted octanol–water partition coefficient (Wildman–Crippen LogP) is 3.87. The molecule has 2 heterocycles. The van der Waals surface area contributed by atoms with Crippen LogP contribution in [0.15, 0.2) is 66.2 Å². The third-order valence-corrected chi connectivity index (χ3v) is 3.83. The van der Waals surface area contributed by atoms with Gasteiger partial charge in [-0.1, -0.05) is 24.3 Å². The SMILES string of the molecule is O=C(NCc1cccc(Oc2ccccn2)c1)c1cccs1. The smallest absolute Gasteiger partial charge is 0.261 e. The average molecular weight is 310 g/mol. The van der Waals surface area contributed by atoms with Gasteiger partial charge < -0.3 is 10.1 Å². The molecule has 0 radical (unpaired) electrons. The van der Waals surface area contributed by atoms with Gasteiger partial charge in [0.1, 0.15) is 5.75 Å². The minimum absolute atomic E-state index is 0.0638. The fourth-order valence-electron chi connectivity index (χ4n) is 1.92. The number of hydrogen-bond acceptors (Lipinski definition) is 4. The number of benzene rings is 1. The van der Waals surface area contributed by atoms with Crippen LogP contribution in [0, 0.1) is 0 Å². The molecule has 0 spiro atoms. The molecular formula is C17H14N2O2S. The lowest BCUT2D eigenvalue weighted by Crippen LogP contribution is -2.21. The van der Waals surface area contributed by atoms with E-state index >= 15 is 0 Å². The Morgan fingerprint density at radius 3 is 2.86 bits per heavy atom. The average Bonchev–Trinajstić information content (AvgIpc) is 3.08. The van der Waals surface area contributed by atoms with E-state index in [2.05, 4.69) is 10.3 Å². The normalized spacial score (nSPS) is 10.2. The van der Waals surface area contributed by atoms with Crippen LogP contribution in [0.1, 0.15) is 15.2 Å². The van der Waals surface area contributed by atoms with Gasteiger partial charge in [-0.25, -0.2) is 4.98 Å². The maximum Gasteiger partial charge on any atom is 0.261 e. The molecule has 0 atom stereocenters. The first-order valence-electron chi connectivity index (χ1n) is 6.81. The van der Waals surface area contributed by atoms with Crippen molar-refractivity contribution in [2.45, 2.75) is 6.54 Å². The summed E-state index contributed by atoms with van der Waals surface area (Å²) in [4.78, 5) is 16.7. The number of ether oxygens (including phenoxy) is 1. The summed E-state index contributed by atoms with van der Waals surface area (Å²) in [6, 6.07) is 16.8. The second-order valence-electron chi connectivity index (χ2n) is 4.58. The Bertz CT molecular complexity index is 742. The molecule has 4 nitrogen and oxygen atoms in total. The quantitative estimate of drug-likeness (QED) is 0.778. The molecule has 5 heteroatoms. The van der Waals surface area contributed by atoms with Gasteiger partial charge in [0.25, 0.3) is 5.91 Å². The van der Waals surface area contributed by atoms with Gasteiger partial charge in [0, 0.05) is 18.8 Å². The number of aromatic nitrogens is 1. The van der Waals surface area contributed by atoms with E-state index < -0.39 is 0 Å². The van der Waals surface area contributed by atoms with Gasteiger partial charge >= 0.3 is 0 Å². The molecule has 0 unspecified atom stereocenters. The predicted molar refractivity (Wildman–Crippen MR) is 86.2 cm³/mol. The molecule has 1 amide bonds. The first kappa shape index (κ1) is 14.3. The van der Waals surface area contributed by atoms with Crippen LogP contribution in [-0.2, 0) is 6.54 Å². The summed E-state index contributed by atoms with van der Waals surface area (Å²) < 4.78 is 5.68. The van der Waals surface area contributed by atoms with Crippen LogP contribution < -0.4 is 10.1 Å². The fraction of sp³-hybridized carbons (Fsp3) is 0.0588. The molecule has 3 aromatic rings. The van der Waals surface area contributed by atoms with Gasteiger partial charge in [-0.15, -0.1) is 11.3 Å². The molecule has 3 rings (SSSR count). The van der Waals surface area contributed by atoms with Crippen LogP contribution >= 0.6 is 11.3 Å². The number of nitrogens with zero attached hydrogens (tertiary/aromatic N) is 1. The Kier molecular flexibility index (Phi) is 4.46. The molecule has 0 bridgehead atoms. The maximum atomic E-state index is 11.9. The second-order valence-corrected chi connectivity index (χ2v) is 5.53. The van der Waals surface area contributed by atoms with Crippen molar-refractivity contribution in [1.82, 2.24) is 10.3 Å². The summed E-state index contributed by atoms with van der Waals surface area (Å²) in [5.41, 5.74) is 0.971. The lowest BCUT2D eigenvalue weighted by molar-refractivity contribution is 0.0955. The zero-order valence-corrected chi connectivity index (χ0v) is 12.5. The highest BCUT2D eigenvalue weighted by atomic mass is 32.1. The molecule has 0 aliphatic rings. The van der Waals surface area contributed by atoms with Gasteiger partial charge in [0.05, 0.1) is 4.88 Å². The van der Waals surface area contributed by atoms with Crippen LogP contribution in [-0.4, -0.2) is 10.9 Å². The number of thiophene rings is 1. The van der Waals surface area contributed by atoms with Gasteiger partial charge in [0.15, 0.2) is 0 Å². The van der Waals surface area contributed by atoms with Gasteiger partial charge in [-0.2, -0.15) is 0 Å². The van der Waals surface area contributed by atoms with Crippen molar-refractivity contribution < 1.29 is 9.53 Å². The molecule has 0 saturated heterocycles. The number of rotatable bonds is 5. The number of carbonyl (C=O) groups is 1. The van der Waals surface area contributed by atoms with E-state index in [1.165, 1.54) is 11.3 Å². The van der Waals surface area contributed by atoms with Gasteiger partial charge in [-0.05, 0) is 35.2 Å². The maximum absolute atomic E-state index is 11.9. The lowest BCUT2D eigenvalue weighted by atomic mass is 10.2. The van der Waals surface area contributed by atoms with Crippen LogP contribution in [0.25, 0.3) is 0 Å². The molecule has 2 aromatic heterocycles. The molecule has 0 aliphatic carbocycles. The summed E-state index contributed by atoms with van der Waals surface area (Å²) in [6.45, 7) is 0.455. The Morgan fingerprint density at radius 1 is 1.14 bits per heavy atom. The molecule has 0 saturated carbocycles. The van der Waals surface area contributed by atoms with Crippen LogP contribution in [0.4, 0.5) is 0 Å². The van der Waals surface area contributed by atoms with Gasteiger partial charge in [0.2, 0.25) is 5.88 Å². The number of nitrogens with one attached hydrogen (secondary N) is 1. The zero-order chi connectivity index (χ0) is 15.2. The molecular weight excluding hydrogens is 296 g/mol. The Labute approximate surface area is 132 Å². The highest BCUT2D eigenvalue weighted by Gasteiger charge is 2.06. The van der Waals surface area contributed by atoms with Crippen molar-refractivity contribution in [3.05, 3.63) is 76.6 Å². The van der Waals surface area contributed by atoms with E-state index in [1.54, 1.807) is 18.3 Å². The first-order valence-corrected chi connectivity index (χ1v) is 7.69. The van der Waals surface area contributed by atoms with Crippen molar-refractivity contribution in [3.8, 4) is 11.6 Å². The molecule has 0 fully saturated rings. The van der Waals surface area contributed by atoms with Gasteiger partial charge in [-0.3, -0.25) is 4.79 Å². The largest absolute Gasteiger partial charge is 0.439 e. The first-order chi connectivity index (χ1) is 10.8. The highest BCUT2D eigenvalue weighted by Crippen LogP contribution is 2.20. The Morgan fingerprint density at radius 2 is 2.09 bits per heavy atom. The third kappa shape index (κ3) is 3.71. The molecule has 1 aromatic carbocycles. The zero-order valence-electron chi connectivity index (χ0n) is 11.7. The van der Waals surface area contributed by atoms with E-state index in [0.29, 0.717) is 23.1 Å². The Balaban J connectivity index is 1.63. The molecule has 0 aliphatic heterocycles. The summed E-state index contributed by atoms with van der Waals surface area (Å²) in [6.07, 6.45) is 1.68. The van der Waals surface area contributed by atoms with Crippen molar-refractivity contribution in [2.75, 3.05) is 0 Å².